The Bertz CT molecular complexity index is 2540. The van der Waals surface area contributed by atoms with E-state index in [2.05, 4.69) is 57.8 Å². The molecule has 78 heavy (non-hydrogen) atoms. The number of carboxylic acids is 1. The molecule has 29 heteroatoms. The molecule has 0 unspecified atom stereocenters. The van der Waals surface area contributed by atoms with Gasteiger partial charge in [0.05, 0.1) is 37.6 Å². The molecular formula is C49H70N16O13. The minimum absolute atomic E-state index is 0.0336. The highest BCUT2D eigenvalue weighted by Crippen LogP contribution is 2.10. The molecule has 0 saturated heterocycles. The Labute approximate surface area is 448 Å². The Kier molecular flexibility index (Phi) is 26.3. The van der Waals surface area contributed by atoms with Crippen molar-refractivity contribution in [3.8, 4) is 0 Å². The van der Waals surface area contributed by atoms with Gasteiger partial charge in [-0.15, -0.1) is 0 Å². The van der Waals surface area contributed by atoms with Crippen molar-refractivity contribution < 1.29 is 63.0 Å². The third-order valence-electron chi connectivity index (χ3n) is 11.6. The van der Waals surface area contributed by atoms with Crippen LogP contribution < -0.4 is 70.8 Å². The number of carbonyl (C=O) groups is 11. The molecule has 3 rings (SSSR count). The van der Waals surface area contributed by atoms with E-state index in [9.17, 15) is 63.0 Å². The Morgan fingerprint density at radius 1 is 0.603 bits per heavy atom. The Hall–Kier alpha value is -8.99. The second-order valence-corrected chi connectivity index (χ2v) is 18.3. The number of carbonyl (C=O) groups excluding carboxylic acids is 10. The maximum Gasteiger partial charge on any atom is 0.326 e. The first kappa shape index (κ1) is 63.3. The summed E-state index contributed by atoms with van der Waals surface area (Å²) in [6, 6.07) is 5.35. The molecule has 3 aromatic rings. The van der Waals surface area contributed by atoms with E-state index in [0.717, 1.165) is 5.56 Å². The van der Waals surface area contributed by atoms with Crippen LogP contribution in [0, 0.1) is 11.3 Å². The number of hydrogen-bond donors (Lipinski definition) is 17. The van der Waals surface area contributed by atoms with E-state index in [1.165, 1.54) is 12.5 Å². The zero-order chi connectivity index (χ0) is 57.9. The number of amides is 10. The van der Waals surface area contributed by atoms with Crippen molar-refractivity contribution in [2.75, 3.05) is 19.7 Å². The second kappa shape index (κ2) is 32.5. The van der Waals surface area contributed by atoms with Crippen molar-refractivity contribution in [3.05, 3.63) is 90.0 Å². The van der Waals surface area contributed by atoms with Gasteiger partial charge in [0.1, 0.15) is 42.3 Å². The molecule has 0 spiro atoms. The maximum atomic E-state index is 13.9. The largest absolute Gasteiger partial charge is 0.480 e. The molecule has 2 aromatic carbocycles. The number of aliphatic carboxylic acids is 1. The smallest absolute Gasteiger partial charge is 0.326 e. The van der Waals surface area contributed by atoms with Gasteiger partial charge in [-0.05, 0) is 42.7 Å². The summed E-state index contributed by atoms with van der Waals surface area (Å²) in [5.41, 5.74) is 23.9. The molecule has 29 nitrogen and oxygen atoms in total. The number of nitrogens with zero attached hydrogens (tertiary/aromatic N) is 1. The van der Waals surface area contributed by atoms with Crippen molar-refractivity contribution in [2.24, 2.45) is 28.9 Å². The van der Waals surface area contributed by atoms with E-state index in [4.69, 9.17) is 28.3 Å². The van der Waals surface area contributed by atoms with Crippen LogP contribution >= 0.6 is 0 Å². The number of primary amides is 2. The van der Waals surface area contributed by atoms with E-state index < -0.39 is 145 Å². The number of imidazole rings is 1. The van der Waals surface area contributed by atoms with Crippen LogP contribution in [0.4, 0.5) is 0 Å². The lowest BCUT2D eigenvalue weighted by Crippen LogP contribution is -2.61. The quantitative estimate of drug-likeness (QED) is 0.0151. The number of guanidine groups is 1. The Balaban J connectivity index is 1.74. The number of H-pyrrole nitrogens is 1. The molecule has 0 aliphatic rings. The Morgan fingerprint density at radius 3 is 1.69 bits per heavy atom. The van der Waals surface area contributed by atoms with Crippen LogP contribution in [-0.4, -0.2) is 159 Å². The van der Waals surface area contributed by atoms with Gasteiger partial charge in [-0.25, -0.2) is 9.78 Å². The summed E-state index contributed by atoms with van der Waals surface area (Å²) in [7, 11) is 0. The Morgan fingerprint density at radius 2 is 1.14 bits per heavy atom. The summed E-state index contributed by atoms with van der Waals surface area (Å²) in [5, 5.41) is 49.0. The minimum Gasteiger partial charge on any atom is -0.480 e. The lowest BCUT2D eigenvalue weighted by atomic mass is 10.0. The topological polar surface area (TPSA) is 493 Å². The predicted molar refractivity (Wildman–Crippen MR) is 278 cm³/mol. The van der Waals surface area contributed by atoms with Crippen LogP contribution in [0.1, 0.15) is 62.8 Å². The highest BCUT2D eigenvalue weighted by atomic mass is 16.4. The highest BCUT2D eigenvalue weighted by molar-refractivity contribution is 5.99. The molecular weight excluding hydrogens is 1020 g/mol. The van der Waals surface area contributed by atoms with Gasteiger partial charge in [-0.2, -0.15) is 0 Å². The number of carboxylic acid groups (broad SMARTS) is 1. The standard InChI is InChI=1S/C49H70N16O13/c1-26(2)40(47(76)63-35(48(77)78)19-28-12-7-4-8-13-28)65-46(75)36(24-66)64-45(74)34(21-38(52)68)62-44(73)33(20-29-22-55-25-58-29)59-39(69)23-57-42(71)32(15-16-37(51)67)61-43(72)31(14-9-17-56-49(53)54)60-41(70)30(50)18-27-10-5-3-6-11-27/h3-8,10-13,22,25-26,30-36,40,66H,9,14-21,23-24,50H2,1-2H3,(H2,51,67)(H2,52,68)(H,55,58)(H,57,71)(H,59,69)(H,60,70)(H,61,72)(H,62,73)(H,63,76)(H,64,74)(H,65,75)(H,77,78)(H4,53,54,56)/t30-,31-,32-,33-,34-,35-,36-,40-/m0/s1. The van der Waals surface area contributed by atoms with E-state index in [0.29, 0.717) is 5.56 Å². The molecule has 0 aliphatic heterocycles. The van der Waals surface area contributed by atoms with Crippen molar-refractivity contribution in [2.45, 2.75) is 114 Å². The number of aromatic amines is 1. The highest BCUT2D eigenvalue weighted by Gasteiger charge is 2.35. The van der Waals surface area contributed by atoms with Gasteiger partial charge in [0, 0.05) is 32.0 Å². The van der Waals surface area contributed by atoms with Crippen LogP contribution in [-0.2, 0) is 72.0 Å². The molecule has 0 aliphatic carbocycles. The molecule has 0 fully saturated rings. The van der Waals surface area contributed by atoms with Crippen molar-refractivity contribution in [1.82, 2.24) is 57.8 Å². The first-order valence-corrected chi connectivity index (χ1v) is 24.7. The second-order valence-electron chi connectivity index (χ2n) is 18.3. The van der Waals surface area contributed by atoms with E-state index in [1.807, 2.05) is 0 Å². The van der Waals surface area contributed by atoms with Gasteiger partial charge >= 0.3 is 5.97 Å². The molecule has 0 bridgehead atoms. The summed E-state index contributed by atoms with van der Waals surface area (Å²) in [4.78, 5) is 151. The zero-order valence-corrected chi connectivity index (χ0v) is 43.0. The number of nitrogens with one attached hydrogen (secondary N) is 11. The summed E-state index contributed by atoms with van der Waals surface area (Å²) >= 11 is 0. The fourth-order valence-corrected chi connectivity index (χ4v) is 7.47. The molecule has 21 N–H and O–H groups in total. The average Bonchev–Trinajstić information content (AvgIpc) is 3.91. The fraction of sp³-hybridized carbons (Fsp3) is 0.449. The van der Waals surface area contributed by atoms with Crippen LogP contribution in [0.5, 0.6) is 0 Å². The van der Waals surface area contributed by atoms with E-state index >= 15 is 0 Å². The average molecular weight is 1090 g/mol. The summed E-state index contributed by atoms with van der Waals surface area (Å²) < 4.78 is 0. The lowest BCUT2D eigenvalue weighted by Gasteiger charge is -2.27. The summed E-state index contributed by atoms with van der Waals surface area (Å²) in [6.45, 7) is 1.31. The zero-order valence-electron chi connectivity index (χ0n) is 43.0. The monoisotopic (exact) mass is 1090 g/mol. The molecule has 0 saturated carbocycles. The van der Waals surface area contributed by atoms with Gasteiger partial charge in [-0.3, -0.25) is 53.4 Å². The first-order chi connectivity index (χ1) is 37.0. The molecule has 10 amide bonds. The van der Waals surface area contributed by atoms with Crippen LogP contribution in [0.15, 0.2) is 73.2 Å². The molecule has 8 atom stereocenters. The first-order valence-electron chi connectivity index (χ1n) is 24.7. The van der Waals surface area contributed by atoms with Crippen LogP contribution in [0.3, 0.4) is 0 Å². The van der Waals surface area contributed by atoms with Gasteiger partial charge in [0.15, 0.2) is 5.96 Å². The summed E-state index contributed by atoms with van der Waals surface area (Å²) in [5.74, 6) is -12.2. The van der Waals surface area contributed by atoms with Gasteiger partial charge in [0.25, 0.3) is 0 Å². The van der Waals surface area contributed by atoms with Gasteiger partial charge in [0.2, 0.25) is 59.1 Å². The maximum absolute atomic E-state index is 13.9. The number of aliphatic hydroxyl groups excluding tert-OH is 1. The number of aromatic nitrogens is 2. The van der Waals surface area contributed by atoms with E-state index in [1.54, 1.807) is 74.5 Å². The molecule has 424 valence electrons. The van der Waals surface area contributed by atoms with Gasteiger partial charge < -0.3 is 86.0 Å². The van der Waals surface area contributed by atoms with Crippen LogP contribution in [0.25, 0.3) is 0 Å². The van der Waals surface area contributed by atoms with Gasteiger partial charge in [-0.1, -0.05) is 74.5 Å². The number of nitrogens with two attached hydrogens (primary N) is 4. The number of rotatable bonds is 34. The summed E-state index contributed by atoms with van der Waals surface area (Å²) in [6.07, 6.45) is 0.832. The SMILES string of the molecule is CC(C)[C@H](NC(=O)[C@H](CO)NC(=O)[C@H](CC(N)=O)NC(=O)[C@H](Cc1c[nH]cn1)NC(=O)CNC(=O)[C@H](CCC(N)=O)NC(=O)[C@H](CCCNC(=N)N)NC(=O)[C@@H](N)Cc1ccccc1)C(=O)N[C@@H](Cc1ccccc1)C(=O)O. The van der Waals surface area contributed by atoms with E-state index in [-0.39, 0.29) is 56.7 Å². The molecule has 1 aromatic heterocycles. The number of hydrogen-bond acceptors (Lipinski definition) is 15. The molecule has 1 heterocycles. The molecule has 0 radical (unpaired) electrons. The fourth-order valence-electron chi connectivity index (χ4n) is 7.47. The predicted octanol–water partition coefficient (Wildman–Crippen LogP) is -5.59. The minimum atomic E-state index is -1.85. The van der Waals surface area contributed by atoms with Crippen molar-refractivity contribution >= 4 is 71.0 Å². The van der Waals surface area contributed by atoms with Crippen molar-refractivity contribution in [1.29, 1.82) is 5.41 Å². The van der Waals surface area contributed by atoms with Crippen molar-refractivity contribution in [3.63, 3.8) is 0 Å². The number of benzene rings is 2. The lowest BCUT2D eigenvalue weighted by molar-refractivity contribution is -0.142. The van der Waals surface area contributed by atoms with Crippen LogP contribution in [0.2, 0.25) is 0 Å². The third-order valence-corrected chi connectivity index (χ3v) is 11.6. The normalized spacial score (nSPS) is 14.0. The number of aliphatic hydroxyl groups is 1. The third kappa shape index (κ3) is 22.9.